The molecule has 1 aliphatic heterocycles. The summed E-state index contributed by atoms with van der Waals surface area (Å²) in [5, 5.41) is 3.44. The second kappa shape index (κ2) is 7.66. The van der Waals surface area contributed by atoms with Crippen LogP contribution in [0.2, 0.25) is 0 Å². The van der Waals surface area contributed by atoms with E-state index in [1.54, 1.807) is 7.11 Å². The molecule has 3 aromatic rings. The average molecular weight is 360 g/mol. The van der Waals surface area contributed by atoms with Crippen LogP contribution in [0.25, 0.3) is 11.3 Å². The van der Waals surface area contributed by atoms with E-state index in [9.17, 15) is 0 Å². The van der Waals surface area contributed by atoms with Gasteiger partial charge in [-0.3, -0.25) is 0 Å². The van der Waals surface area contributed by atoms with Crippen LogP contribution in [0.5, 0.6) is 5.75 Å². The van der Waals surface area contributed by atoms with E-state index in [0.717, 1.165) is 53.1 Å². The maximum atomic E-state index is 5.50. The first-order valence-electron chi connectivity index (χ1n) is 9.34. The van der Waals surface area contributed by atoms with Crippen LogP contribution < -0.4 is 15.0 Å². The fourth-order valence-electron chi connectivity index (χ4n) is 3.37. The Labute approximate surface area is 160 Å². The largest absolute Gasteiger partial charge is 0.495 e. The molecule has 5 heteroatoms. The van der Waals surface area contributed by atoms with E-state index in [2.05, 4.69) is 35.3 Å². The van der Waals surface area contributed by atoms with Crippen molar-refractivity contribution in [3.05, 3.63) is 60.2 Å². The minimum Gasteiger partial charge on any atom is -0.495 e. The third-order valence-corrected chi connectivity index (χ3v) is 4.79. The van der Waals surface area contributed by atoms with E-state index in [1.807, 2.05) is 36.4 Å². The molecule has 27 heavy (non-hydrogen) atoms. The predicted molar refractivity (Wildman–Crippen MR) is 110 cm³/mol. The lowest BCUT2D eigenvalue weighted by Crippen LogP contribution is -2.21. The highest BCUT2D eigenvalue weighted by molar-refractivity contribution is 5.70. The van der Waals surface area contributed by atoms with Crippen molar-refractivity contribution in [2.75, 3.05) is 30.4 Å². The Morgan fingerprint density at radius 1 is 0.963 bits per heavy atom. The molecule has 5 nitrogen and oxygen atoms in total. The van der Waals surface area contributed by atoms with Gasteiger partial charge in [-0.25, -0.2) is 4.98 Å². The highest BCUT2D eigenvalue weighted by Crippen LogP contribution is 2.31. The molecule has 138 valence electrons. The average Bonchev–Trinajstić information content (AvgIpc) is 3.24. The van der Waals surface area contributed by atoms with Crippen LogP contribution >= 0.6 is 0 Å². The summed E-state index contributed by atoms with van der Waals surface area (Å²) in [6.07, 6.45) is 2.38. The number of nitrogens with zero attached hydrogens (tertiary/aromatic N) is 3. The van der Waals surface area contributed by atoms with Crippen LogP contribution in [0.15, 0.2) is 54.6 Å². The molecule has 0 saturated carbocycles. The van der Waals surface area contributed by atoms with Crippen LogP contribution in [0.3, 0.4) is 0 Å². The number of benzene rings is 2. The van der Waals surface area contributed by atoms with Crippen LogP contribution in [0.4, 0.5) is 17.5 Å². The van der Waals surface area contributed by atoms with E-state index >= 15 is 0 Å². The quantitative estimate of drug-likeness (QED) is 0.708. The number of aryl methyl sites for hydroxylation is 1. The van der Waals surface area contributed by atoms with E-state index in [-0.39, 0.29) is 0 Å². The number of anilines is 3. The maximum absolute atomic E-state index is 5.50. The fourth-order valence-corrected chi connectivity index (χ4v) is 3.37. The van der Waals surface area contributed by atoms with E-state index in [0.29, 0.717) is 0 Å². The Morgan fingerprint density at radius 2 is 1.74 bits per heavy atom. The van der Waals surface area contributed by atoms with Gasteiger partial charge in [0.2, 0.25) is 5.95 Å². The van der Waals surface area contributed by atoms with Gasteiger partial charge in [-0.1, -0.05) is 36.4 Å². The number of hydrogen-bond donors (Lipinski definition) is 1. The fraction of sp³-hybridized carbons (Fsp3) is 0.273. The normalized spacial score (nSPS) is 13.6. The van der Waals surface area contributed by atoms with Crippen LogP contribution in [0, 0.1) is 6.92 Å². The highest BCUT2D eigenvalue weighted by atomic mass is 16.5. The van der Waals surface area contributed by atoms with E-state index < -0.39 is 0 Å². The number of nitrogens with one attached hydrogen (secondary N) is 1. The molecule has 4 rings (SSSR count). The summed E-state index contributed by atoms with van der Waals surface area (Å²) < 4.78 is 5.50. The molecular formula is C22H24N4O. The van der Waals surface area contributed by atoms with Gasteiger partial charge in [0.25, 0.3) is 0 Å². The van der Waals surface area contributed by atoms with Gasteiger partial charge in [0, 0.05) is 24.7 Å². The van der Waals surface area contributed by atoms with Crippen molar-refractivity contribution in [3.8, 4) is 17.0 Å². The third-order valence-electron chi connectivity index (χ3n) is 4.79. The second-order valence-electron chi connectivity index (χ2n) is 6.83. The Morgan fingerprint density at radius 3 is 2.48 bits per heavy atom. The summed E-state index contributed by atoms with van der Waals surface area (Å²) in [6, 6.07) is 18.3. The van der Waals surface area contributed by atoms with Gasteiger partial charge >= 0.3 is 0 Å². The minimum absolute atomic E-state index is 0.773. The van der Waals surface area contributed by atoms with Crippen LogP contribution in [0.1, 0.15) is 18.4 Å². The highest BCUT2D eigenvalue weighted by Gasteiger charge is 2.17. The molecule has 1 saturated heterocycles. The molecule has 0 bridgehead atoms. The van der Waals surface area contributed by atoms with Crippen molar-refractivity contribution in [3.63, 3.8) is 0 Å². The summed E-state index contributed by atoms with van der Waals surface area (Å²) in [7, 11) is 1.68. The minimum atomic E-state index is 0.773. The summed E-state index contributed by atoms with van der Waals surface area (Å²) in [4.78, 5) is 11.9. The molecule has 2 heterocycles. The molecule has 0 amide bonds. The molecule has 0 spiro atoms. The summed E-state index contributed by atoms with van der Waals surface area (Å²) in [5.41, 5.74) is 4.07. The van der Waals surface area contributed by atoms with Crippen molar-refractivity contribution < 1.29 is 4.74 Å². The first-order chi connectivity index (χ1) is 13.2. The molecule has 1 aromatic heterocycles. The summed E-state index contributed by atoms with van der Waals surface area (Å²) in [6.45, 7) is 4.08. The number of methoxy groups -OCH3 is 1. The Bertz CT molecular complexity index is 921. The van der Waals surface area contributed by atoms with Gasteiger partial charge in [0.05, 0.1) is 18.5 Å². The summed E-state index contributed by atoms with van der Waals surface area (Å²) in [5.74, 6) is 2.35. The number of aromatic nitrogens is 2. The van der Waals surface area contributed by atoms with Crippen molar-refractivity contribution in [1.82, 2.24) is 9.97 Å². The third kappa shape index (κ3) is 3.87. The predicted octanol–water partition coefficient (Wildman–Crippen LogP) is 4.80. The molecule has 0 aliphatic carbocycles. The lowest BCUT2D eigenvalue weighted by Gasteiger charge is -2.18. The Hall–Kier alpha value is -3.08. The van der Waals surface area contributed by atoms with Gasteiger partial charge in [0.15, 0.2) is 0 Å². The SMILES string of the molecule is COc1ccc(C)cc1Nc1cc(-c2ccccc2)nc(N2CCCC2)n1. The second-order valence-corrected chi connectivity index (χ2v) is 6.83. The number of rotatable bonds is 5. The molecule has 1 aliphatic rings. The van der Waals surface area contributed by atoms with Crippen molar-refractivity contribution in [2.24, 2.45) is 0 Å². The molecule has 1 fully saturated rings. The van der Waals surface area contributed by atoms with E-state index in [4.69, 9.17) is 14.7 Å². The summed E-state index contributed by atoms with van der Waals surface area (Å²) >= 11 is 0. The monoisotopic (exact) mass is 360 g/mol. The van der Waals surface area contributed by atoms with Gasteiger partial charge in [-0.05, 0) is 37.5 Å². The lowest BCUT2D eigenvalue weighted by atomic mass is 10.1. The molecule has 0 atom stereocenters. The molecular weight excluding hydrogens is 336 g/mol. The number of ether oxygens (including phenoxy) is 1. The molecule has 0 unspecified atom stereocenters. The van der Waals surface area contributed by atoms with Crippen molar-refractivity contribution in [2.45, 2.75) is 19.8 Å². The first-order valence-corrected chi connectivity index (χ1v) is 9.34. The zero-order chi connectivity index (χ0) is 18.6. The lowest BCUT2D eigenvalue weighted by molar-refractivity contribution is 0.416. The smallest absolute Gasteiger partial charge is 0.227 e. The maximum Gasteiger partial charge on any atom is 0.227 e. The van der Waals surface area contributed by atoms with E-state index in [1.165, 1.54) is 12.8 Å². The Kier molecular flexibility index (Phi) is 4.92. The number of hydrogen-bond acceptors (Lipinski definition) is 5. The first kappa shape index (κ1) is 17.3. The van der Waals surface area contributed by atoms with Crippen LogP contribution in [-0.2, 0) is 0 Å². The zero-order valence-corrected chi connectivity index (χ0v) is 15.8. The van der Waals surface area contributed by atoms with Gasteiger partial charge < -0.3 is 15.0 Å². The van der Waals surface area contributed by atoms with Crippen LogP contribution in [-0.4, -0.2) is 30.2 Å². The topological polar surface area (TPSA) is 50.3 Å². The molecule has 2 aromatic carbocycles. The molecule has 0 radical (unpaired) electrons. The standard InChI is InChI=1S/C22H24N4O/c1-16-10-11-20(27-2)19(14-16)23-21-15-18(17-8-4-3-5-9-17)24-22(25-21)26-12-6-7-13-26/h3-5,8-11,14-15H,6-7,12-13H2,1-2H3,(H,23,24,25). The van der Waals surface area contributed by atoms with Crippen molar-refractivity contribution >= 4 is 17.5 Å². The molecule has 1 N–H and O–H groups in total. The van der Waals surface area contributed by atoms with Gasteiger partial charge in [-0.15, -0.1) is 0 Å². The van der Waals surface area contributed by atoms with Gasteiger partial charge in [0.1, 0.15) is 11.6 Å². The Balaban J connectivity index is 1.75. The van der Waals surface area contributed by atoms with Gasteiger partial charge in [-0.2, -0.15) is 4.98 Å². The zero-order valence-electron chi connectivity index (χ0n) is 15.8. The van der Waals surface area contributed by atoms with Crippen molar-refractivity contribution in [1.29, 1.82) is 0 Å².